The van der Waals surface area contributed by atoms with Crippen molar-refractivity contribution in [2.24, 2.45) is 0 Å². The van der Waals surface area contributed by atoms with Gasteiger partial charge in [0.15, 0.2) is 0 Å². The number of amides is 1. The first-order valence-corrected chi connectivity index (χ1v) is 6.39. The van der Waals surface area contributed by atoms with Crippen LogP contribution in [-0.4, -0.2) is 22.2 Å². The fourth-order valence-corrected chi connectivity index (χ4v) is 2.71. The van der Waals surface area contributed by atoms with Crippen LogP contribution < -0.4 is 5.32 Å². The normalized spacial score (nSPS) is 18.9. The van der Waals surface area contributed by atoms with Gasteiger partial charge in [0.1, 0.15) is 5.69 Å². The Morgan fingerprint density at radius 1 is 1.47 bits per heavy atom. The van der Waals surface area contributed by atoms with Gasteiger partial charge in [0, 0.05) is 17.8 Å². The van der Waals surface area contributed by atoms with E-state index < -0.39 is 0 Å². The molecule has 0 radical (unpaired) electrons. The Balaban J connectivity index is 2.15. The summed E-state index contributed by atoms with van der Waals surface area (Å²) in [4.78, 5) is 12.0. The Bertz CT molecular complexity index is 499. The van der Waals surface area contributed by atoms with Crippen molar-refractivity contribution in [2.45, 2.75) is 39.0 Å². The van der Waals surface area contributed by atoms with Crippen molar-refractivity contribution in [3.8, 4) is 0 Å². The van der Waals surface area contributed by atoms with Gasteiger partial charge < -0.3 is 5.32 Å². The molecular formula is C13H17N3O. The van der Waals surface area contributed by atoms with E-state index in [2.05, 4.69) is 23.4 Å². The number of hydrogen-bond acceptors (Lipinski definition) is 2. The minimum atomic E-state index is 0.0336. The first-order valence-electron chi connectivity index (χ1n) is 6.39. The maximum absolute atomic E-state index is 12.0. The summed E-state index contributed by atoms with van der Waals surface area (Å²) in [6.45, 7) is 2.84. The molecule has 0 unspecified atom stereocenters. The molecule has 0 atom stereocenters. The van der Waals surface area contributed by atoms with Gasteiger partial charge in [-0.2, -0.15) is 5.10 Å². The molecule has 1 aliphatic carbocycles. The molecule has 0 saturated heterocycles. The maximum Gasteiger partial charge on any atom is 0.270 e. The van der Waals surface area contributed by atoms with E-state index >= 15 is 0 Å². The molecule has 2 heterocycles. The highest BCUT2D eigenvalue weighted by Crippen LogP contribution is 2.27. The highest BCUT2D eigenvalue weighted by atomic mass is 16.2. The van der Waals surface area contributed by atoms with E-state index in [9.17, 15) is 4.79 Å². The second-order valence-corrected chi connectivity index (χ2v) is 4.63. The lowest BCUT2D eigenvalue weighted by molar-refractivity contribution is 0.0938. The van der Waals surface area contributed by atoms with E-state index in [1.165, 1.54) is 12.1 Å². The molecule has 4 nitrogen and oxygen atoms in total. The molecule has 0 aromatic carbocycles. The number of carbonyl (C=O) groups is 1. The molecule has 0 spiro atoms. The Labute approximate surface area is 101 Å². The zero-order chi connectivity index (χ0) is 11.8. The average molecular weight is 231 g/mol. The predicted octanol–water partition coefficient (Wildman–Crippen LogP) is 1.76. The van der Waals surface area contributed by atoms with Crippen LogP contribution in [0.1, 0.15) is 47.9 Å². The molecule has 0 fully saturated rings. The number of fused-ring (bicyclic) bond motifs is 1. The fraction of sp³-hybridized carbons (Fsp3) is 0.538. The summed E-state index contributed by atoms with van der Waals surface area (Å²) in [5, 5.41) is 7.54. The number of aromatic nitrogens is 2. The smallest absolute Gasteiger partial charge is 0.270 e. The molecule has 3 rings (SSSR count). The summed E-state index contributed by atoms with van der Waals surface area (Å²) >= 11 is 0. The van der Waals surface area contributed by atoms with Crippen LogP contribution in [0, 0.1) is 0 Å². The van der Waals surface area contributed by atoms with Gasteiger partial charge in [-0.25, -0.2) is 4.68 Å². The van der Waals surface area contributed by atoms with Crippen molar-refractivity contribution in [1.29, 1.82) is 0 Å². The van der Waals surface area contributed by atoms with Crippen LogP contribution in [0.2, 0.25) is 0 Å². The van der Waals surface area contributed by atoms with E-state index in [4.69, 9.17) is 0 Å². The molecular weight excluding hydrogens is 214 g/mol. The summed E-state index contributed by atoms with van der Waals surface area (Å²) in [5.74, 6) is 0.0336. The van der Waals surface area contributed by atoms with Crippen LogP contribution in [0.5, 0.6) is 0 Å². The molecule has 4 heteroatoms. The lowest BCUT2D eigenvalue weighted by Gasteiger charge is -2.15. The van der Waals surface area contributed by atoms with Crippen LogP contribution >= 0.6 is 0 Å². The number of nitrogens with one attached hydrogen (secondary N) is 1. The molecule has 0 bridgehead atoms. The summed E-state index contributed by atoms with van der Waals surface area (Å²) in [5.41, 5.74) is 4.21. The number of allylic oxidation sites excluding steroid dienone is 2. The second kappa shape index (κ2) is 4.02. The minimum Gasteiger partial charge on any atom is -0.350 e. The van der Waals surface area contributed by atoms with Crippen LogP contribution in [0.15, 0.2) is 6.08 Å². The van der Waals surface area contributed by atoms with Gasteiger partial charge in [-0.15, -0.1) is 0 Å². The van der Waals surface area contributed by atoms with Crippen LogP contribution in [0.4, 0.5) is 0 Å². The Kier molecular flexibility index (Phi) is 2.50. The number of rotatable bonds is 2. The zero-order valence-corrected chi connectivity index (χ0v) is 10.1. The van der Waals surface area contributed by atoms with Gasteiger partial charge in [0.25, 0.3) is 5.91 Å². The minimum absolute atomic E-state index is 0.0336. The Hall–Kier alpha value is -1.58. The largest absolute Gasteiger partial charge is 0.350 e. The predicted molar refractivity (Wildman–Crippen MR) is 65.8 cm³/mol. The van der Waals surface area contributed by atoms with Crippen molar-refractivity contribution in [1.82, 2.24) is 15.1 Å². The highest BCUT2D eigenvalue weighted by molar-refractivity contribution is 5.96. The number of hydrogen-bond donors (Lipinski definition) is 1. The topological polar surface area (TPSA) is 46.9 Å². The molecule has 17 heavy (non-hydrogen) atoms. The SMILES string of the molecule is CCc1nn(C2=CCCC2)c2c1CCNC2=O. The molecule has 0 saturated carbocycles. The third kappa shape index (κ3) is 1.59. The quantitative estimate of drug-likeness (QED) is 0.843. The summed E-state index contributed by atoms with van der Waals surface area (Å²) in [6.07, 6.45) is 7.33. The lowest BCUT2D eigenvalue weighted by Crippen LogP contribution is -2.33. The van der Waals surface area contributed by atoms with Crippen LogP contribution in [0.25, 0.3) is 5.70 Å². The van der Waals surface area contributed by atoms with Gasteiger partial charge in [-0.05, 0) is 32.1 Å². The van der Waals surface area contributed by atoms with Crippen LogP contribution in [-0.2, 0) is 12.8 Å². The Morgan fingerprint density at radius 2 is 2.35 bits per heavy atom. The van der Waals surface area contributed by atoms with Gasteiger partial charge in [-0.3, -0.25) is 4.79 Å². The monoisotopic (exact) mass is 231 g/mol. The number of carbonyl (C=O) groups excluding carboxylic acids is 1. The van der Waals surface area contributed by atoms with Crippen LogP contribution in [0.3, 0.4) is 0 Å². The summed E-state index contributed by atoms with van der Waals surface area (Å²) in [7, 11) is 0. The van der Waals surface area contributed by atoms with Gasteiger partial charge in [-0.1, -0.05) is 13.0 Å². The van der Waals surface area contributed by atoms with Crippen molar-refractivity contribution in [3.63, 3.8) is 0 Å². The molecule has 1 aromatic rings. The van der Waals surface area contributed by atoms with E-state index in [0.717, 1.165) is 49.2 Å². The third-order valence-corrected chi connectivity index (χ3v) is 3.57. The summed E-state index contributed by atoms with van der Waals surface area (Å²) < 4.78 is 1.88. The van der Waals surface area contributed by atoms with E-state index in [-0.39, 0.29) is 5.91 Å². The molecule has 2 aliphatic rings. The van der Waals surface area contributed by atoms with Crippen molar-refractivity contribution in [2.75, 3.05) is 6.54 Å². The fourth-order valence-electron chi connectivity index (χ4n) is 2.71. The highest BCUT2D eigenvalue weighted by Gasteiger charge is 2.27. The molecule has 1 amide bonds. The molecule has 90 valence electrons. The number of aryl methyl sites for hydroxylation is 1. The standard InChI is InChI=1S/C13H17N3O/c1-2-11-10-7-8-14-13(17)12(10)16(15-11)9-5-3-4-6-9/h5H,2-4,6-8H2,1H3,(H,14,17). The van der Waals surface area contributed by atoms with E-state index in [1.807, 2.05) is 4.68 Å². The molecule has 1 aromatic heterocycles. The molecule has 1 aliphatic heterocycles. The van der Waals surface area contributed by atoms with Gasteiger partial charge >= 0.3 is 0 Å². The van der Waals surface area contributed by atoms with Crippen molar-refractivity contribution in [3.05, 3.63) is 23.0 Å². The number of nitrogens with zero attached hydrogens (tertiary/aromatic N) is 2. The van der Waals surface area contributed by atoms with Crippen molar-refractivity contribution >= 4 is 11.6 Å². The zero-order valence-electron chi connectivity index (χ0n) is 10.1. The average Bonchev–Trinajstić information content (AvgIpc) is 2.95. The van der Waals surface area contributed by atoms with Crippen molar-refractivity contribution < 1.29 is 4.79 Å². The van der Waals surface area contributed by atoms with E-state index in [1.54, 1.807) is 0 Å². The third-order valence-electron chi connectivity index (χ3n) is 3.57. The molecule has 1 N–H and O–H groups in total. The van der Waals surface area contributed by atoms with Gasteiger partial charge in [0.2, 0.25) is 0 Å². The first-order chi connectivity index (χ1) is 8.31. The first kappa shape index (κ1) is 10.6. The van der Waals surface area contributed by atoms with Gasteiger partial charge in [0.05, 0.1) is 5.69 Å². The summed E-state index contributed by atoms with van der Waals surface area (Å²) in [6, 6.07) is 0. The maximum atomic E-state index is 12.0. The Morgan fingerprint density at radius 3 is 3.06 bits per heavy atom. The van der Waals surface area contributed by atoms with E-state index in [0.29, 0.717) is 0 Å². The second-order valence-electron chi connectivity index (χ2n) is 4.63. The lowest BCUT2D eigenvalue weighted by atomic mass is 10.0.